The molecule has 13 heteroatoms. The number of pyridine rings is 1. The normalized spacial score (nSPS) is 20.1. The van der Waals surface area contributed by atoms with Crippen molar-refractivity contribution in [3.63, 3.8) is 0 Å². The van der Waals surface area contributed by atoms with Gasteiger partial charge in [0.05, 0.1) is 23.2 Å². The lowest BCUT2D eigenvalue weighted by molar-refractivity contribution is -0.388. The van der Waals surface area contributed by atoms with Crippen molar-refractivity contribution in [2.75, 3.05) is 43.0 Å². The van der Waals surface area contributed by atoms with Crippen molar-refractivity contribution in [3.05, 3.63) is 57.8 Å². The SMILES string of the molecule is N#Cc1ccc(N2CCN(C(=S)COC3CCC(Nc4ccc([N+](=O)[O-])c(C(F)(F)F)c4)CC3)CC2)nc1. The summed E-state index contributed by atoms with van der Waals surface area (Å²) in [6.45, 7) is 3.35. The van der Waals surface area contributed by atoms with Crippen molar-refractivity contribution in [1.82, 2.24) is 9.88 Å². The molecule has 38 heavy (non-hydrogen) atoms. The van der Waals surface area contributed by atoms with Gasteiger partial charge in [0.15, 0.2) is 0 Å². The first kappa shape index (κ1) is 27.5. The van der Waals surface area contributed by atoms with E-state index in [9.17, 15) is 23.3 Å². The molecule has 0 unspecified atom stereocenters. The van der Waals surface area contributed by atoms with E-state index in [4.69, 9.17) is 22.2 Å². The first-order valence-electron chi connectivity index (χ1n) is 12.3. The van der Waals surface area contributed by atoms with E-state index < -0.39 is 22.4 Å². The number of nitro groups is 1. The Kier molecular flexibility index (Phi) is 8.63. The van der Waals surface area contributed by atoms with Crippen molar-refractivity contribution in [1.29, 1.82) is 5.26 Å². The summed E-state index contributed by atoms with van der Waals surface area (Å²) in [5, 5.41) is 23.0. The van der Waals surface area contributed by atoms with Crippen LogP contribution in [0.15, 0.2) is 36.5 Å². The summed E-state index contributed by atoms with van der Waals surface area (Å²) < 4.78 is 45.8. The van der Waals surface area contributed by atoms with Gasteiger partial charge >= 0.3 is 6.18 Å². The molecule has 2 heterocycles. The van der Waals surface area contributed by atoms with Crippen LogP contribution in [0.2, 0.25) is 0 Å². The molecule has 1 aromatic heterocycles. The van der Waals surface area contributed by atoms with E-state index in [-0.39, 0.29) is 17.8 Å². The van der Waals surface area contributed by atoms with Gasteiger partial charge in [0.1, 0.15) is 22.4 Å². The minimum absolute atomic E-state index is 0.0118. The van der Waals surface area contributed by atoms with Gasteiger partial charge in [-0.3, -0.25) is 10.1 Å². The van der Waals surface area contributed by atoms with Gasteiger partial charge in [-0.1, -0.05) is 12.2 Å². The maximum absolute atomic E-state index is 13.2. The monoisotopic (exact) mass is 548 g/mol. The van der Waals surface area contributed by atoms with E-state index in [1.165, 1.54) is 6.07 Å². The third kappa shape index (κ3) is 6.87. The summed E-state index contributed by atoms with van der Waals surface area (Å²) >= 11 is 5.59. The van der Waals surface area contributed by atoms with E-state index in [0.29, 0.717) is 25.0 Å². The minimum Gasteiger partial charge on any atom is -0.382 e. The second-order valence-corrected chi connectivity index (χ2v) is 9.77. The van der Waals surface area contributed by atoms with Crippen LogP contribution in [0.5, 0.6) is 0 Å². The molecular weight excluding hydrogens is 521 g/mol. The number of piperazine rings is 1. The zero-order valence-corrected chi connectivity index (χ0v) is 21.3. The average molecular weight is 549 g/mol. The number of hydrogen-bond donors (Lipinski definition) is 1. The van der Waals surface area contributed by atoms with Gasteiger partial charge < -0.3 is 19.9 Å². The molecule has 0 bridgehead atoms. The molecule has 4 rings (SSSR count). The van der Waals surface area contributed by atoms with Gasteiger partial charge in [-0.05, 0) is 49.9 Å². The van der Waals surface area contributed by atoms with Crippen LogP contribution in [0.1, 0.15) is 36.8 Å². The molecule has 1 saturated carbocycles. The Morgan fingerprint density at radius 2 is 1.89 bits per heavy atom. The molecule has 202 valence electrons. The van der Waals surface area contributed by atoms with Gasteiger partial charge in [0.25, 0.3) is 5.69 Å². The molecule has 0 atom stereocenters. The number of nitrogens with zero attached hydrogens (tertiary/aromatic N) is 5. The number of ether oxygens (including phenoxy) is 1. The maximum Gasteiger partial charge on any atom is 0.423 e. The third-order valence-corrected chi connectivity index (χ3v) is 7.20. The van der Waals surface area contributed by atoms with Crippen LogP contribution < -0.4 is 10.2 Å². The van der Waals surface area contributed by atoms with Crippen LogP contribution in [0.3, 0.4) is 0 Å². The summed E-state index contributed by atoms with van der Waals surface area (Å²) in [6.07, 6.45) is -0.363. The Morgan fingerprint density at radius 1 is 1.18 bits per heavy atom. The topological polar surface area (TPSA) is 108 Å². The van der Waals surface area contributed by atoms with Crippen molar-refractivity contribution >= 4 is 34.4 Å². The zero-order valence-electron chi connectivity index (χ0n) is 20.5. The van der Waals surface area contributed by atoms with Crippen LogP contribution in [-0.2, 0) is 10.9 Å². The molecule has 1 aliphatic heterocycles. The molecule has 1 N–H and O–H groups in total. The maximum atomic E-state index is 13.2. The quantitative estimate of drug-likeness (QED) is 0.297. The predicted octanol–water partition coefficient (Wildman–Crippen LogP) is 4.77. The first-order valence-corrected chi connectivity index (χ1v) is 12.7. The van der Waals surface area contributed by atoms with E-state index in [0.717, 1.165) is 62.0 Å². The minimum atomic E-state index is -4.81. The highest BCUT2D eigenvalue weighted by Gasteiger charge is 2.38. The van der Waals surface area contributed by atoms with E-state index in [1.54, 1.807) is 12.3 Å². The van der Waals surface area contributed by atoms with E-state index in [1.807, 2.05) is 6.07 Å². The largest absolute Gasteiger partial charge is 0.423 e. The van der Waals surface area contributed by atoms with Crippen LogP contribution in [-0.4, -0.2) is 64.7 Å². The molecule has 1 aliphatic carbocycles. The molecule has 0 radical (unpaired) electrons. The van der Waals surface area contributed by atoms with Crippen LogP contribution in [0.25, 0.3) is 0 Å². The number of nitrogens with one attached hydrogen (secondary N) is 1. The van der Waals surface area contributed by atoms with Gasteiger partial charge in [0.2, 0.25) is 0 Å². The van der Waals surface area contributed by atoms with E-state index >= 15 is 0 Å². The van der Waals surface area contributed by atoms with Gasteiger partial charge in [-0.15, -0.1) is 0 Å². The van der Waals surface area contributed by atoms with Gasteiger partial charge in [0, 0.05) is 50.2 Å². The number of thiocarbonyl (C=S) groups is 1. The number of nitro benzene ring substituents is 1. The third-order valence-electron chi connectivity index (χ3n) is 6.82. The summed E-state index contributed by atoms with van der Waals surface area (Å²) in [6, 6.07) is 8.62. The molecule has 9 nitrogen and oxygen atoms in total. The van der Waals surface area contributed by atoms with Gasteiger partial charge in [-0.2, -0.15) is 18.4 Å². The van der Waals surface area contributed by atoms with Crippen LogP contribution >= 0.6 is 12.2 Å². The number of benzene rings is 1. The average Bonchev–Trinajstić information content (AvgIpc) is 2.92. The summed E-state index contributed by atoms with van der Waals surface area (Å²) in [5.41, 5.74) is -1.48. The Bertz CT molecular complexity index is 1190. The number of aromatic nitrogens is 1. The van der Waals surface area contributed by atoms with Crippen molar-refractivity contribution < 1.29 is 22.8 Å². The standard InChI is InChI=1S/C25H27F3N6O3S/c26-25(27,28)21-13-19(4-7-22(21)34(35)36)31-18-2-5-20(6-3-18)37-16-24(38)33-11-9-32(10-12-33)23-8-1-17(14-29)15-30-23/h1,4,7-8,13,15,18,20,31H,2-3,5-6,9-12,16H2. The van der Waals surface area contributed by atoms with Crippen LogP contribution in [0, 0.1) is 21.4 Å². The lowest BCUT2D eigenvalue weighted by Crippen LogP contribution is -2.49. The smallest absolute Gasteiger partial charge is 0.382 e. The van der Waals surface area contributed by atoms with Gasteiger partial charge in [-0.25, -0.2) is 4.98 Å². The fourth-order valence-corrected chi connectivity index (χ4v) is 4.98. The fraction of sp³-hybridized carbons (Fsp3) is 0.480. The molecule has 0 spiro atoms. The van der Waals surface area contributed by atoms with Crippen molar-refractivity contribution in [2.24, 2.45) is 0 Å². The van der Waals surface area contributed by atoms with Crippen molar-refractivity contribution in [3.8, 4) is 6.07 Å². The molecule has 2 aromatic rings. The molecule has 0 amide bonds. The van der Waals surface area contributed by atoms with Crippen LogP contribution in [0.4, 0.5) is 30.4 Å². The lowest BCUT2D eigenvalue weighted by Gasteiger charge is -2.37. The number of nitriles is 1. The fourth-order valence-electron chi connectivity index (χ4n) is 4.73. The predicted molar refractivity (Wildman–Crippen MR) is 139 cm³/mol. The summed E-state index contributed by atoms with van der Waals surface area (Å²) in [5.74, 6) is 0.833. The highest BCUT2D eigenvalue weighted by Crippen LogP contribution is 2.38. The highest BCUT2D eigenvalue weighted by atomic mass is 32.1. The number of halogens is 3. The summed E-state index contributed by atoms with van der Waals surface area (Å²) in [7, 11) is 0. The first-order chi connectivity index (χ1) is 18.1. The Labute approximate surface area is 223 Å². The van der Waals surface area contributed by atoms with Crippen molar-refractivity contribution in [2.45, 2.75) is 44.0 Å². The number of alkyl halides is 3. The second kappa shape index (κ2) is 11.9. The lowest BCUT2D eigenvalue weighted by atomic mass is 9.92. The highest BCUT2D eigenvalue weighted by molar-refractivity contribution is 7.80. The zero-order chi connectivity index (χ0) is 27.3. The molecule has 2 fully saturated rings. The molecule has 2 aliphatic rings. The Hall–Kier alpha value is -3.50. The Morgan fingerprint density at radius 3 is 2.47 bits per heavy atom. The molecule has 1 aromatic carbocycles. The number of hydrogen-bond acceptors (Lipinski definition) is 8. The molecule has 1 saturated heterocycles. The second-order valence-electron chi connectivity index (χ2n) is 9.30. The number of rotatable bonds is 7. The Balaban J connectivity index is 1.20. The molecular formula is C25H27F3N6O3S. The number of anilines is 2. The summed E-state index contributed by atoms with van der Waals surface area (Å²) in [4.78, 5) is 19.3. The van der Waals surface area contributed by atoms with E-state index in [2.05, 4.69) is 26.2 Å².